The molecule has 1 unspecified atom stereocenters. The van der Waals surface area contributed by atoms with E-state index in [1.165, 1.54) is 0 Å². The van der Waals surface area contributed by atoms with E-state index in [4.69, 9.17) is 10.5 Å². The van der Waals surface area contributed by atoms with Gasteiger partial charge in [0.2, 0.25) is 5.91 Å². The van der Waals surface area contributed by atoms with Crippen molar-refractivity contribution >= 4 is 5.91 Å². The van der Waals surface area contributed by atoms with Gasteiger partial charge >= 0.3 is 0 Å². The van der Waals surface area contributed by atoms with E-state index < -0.39 is 0 Å². The molecule has 0 aliphatic rings. The van der Waals surface area contributed by atoms with Gasteiger partial charge in [0.05, 0.1) is 19.1 Å². The van der Waals surface area contributed by atoms with Crippen molar-refractivity contribution in [3.8, 4) is 5.75 Å². The summed E-state index contributed by atoms with van der Waals surface area (Å²) in [5.74, 6) is 0.756. The maximum Gasteiger partial charge on any atom is 0.224 e. The first-order valence-electron chi connectivity index (χ1n) is 6.76. The number of hydrogen-bond donors (Lipinski definition) is 2. The molecule has 106 valence electrons. The third-order valence-electron chi connectivity index (χ3n) is 3.27. The summed E-state index contributed by atoms with van der Waals surface area (Å²) in [7, 11) is 1.64. The van der Waals surface area contributed by atoms with Crippen molar-refractivity contribution in [3.05, 3.63) is 29.8 Å². The first-order chi connectivity index (χ1) is 9.12. The molecule has 1 aromatic carbocycles. The minimum Gasteiger partial charge on any atom is -0.497 e. The van der Waals surface area contributed by atoms with E-state index in [1.54, 1.807) is 7.11 Å². The number of benzene rings is 1. The van der Waals surface area contributed by atoms with Crippen LogP contribution in [-0.4, -0.2) is 19.6 Å². The van der Waals surface area contributed by atoms with Crippen molar-refractivity contribution in [3.63, 3.8) is 0 Å². The molecule has 19 heavy (non-hydrogen) atoms. The Morgan fingerprint density at radius 2 is 2.00 bits per heavy atom. The molecule has 3 N–H and O–H groups in total. The largest absolute Gasteiger partial charge is 0.497 e. The van der Waals surface area contributed by atoms with E-state index in [2.05, 4.69) is 12.2 Å². The molecule has 1 rings (SSSR count). The van der Waals surface area contributed by atoms with Gasteiger partial charge in [-0.3, -0.25) is 4.79 Å². The third kappa shape index (κ3) is 4.56. The summed E-state index contributed by atoms with van der Waals surface area (Å²) in [4.78, 5) is 12.1. The Bertz CT molecular complexity index is 390. The predicted octanol–water partition coefficient (Wildman–Crippen LogP) is 2.25. The van der Waals surface area contributed by atoms with Crippen molar-refractivity contribution in [1.82, 2.24) is 5.32 Å². The number of methoxy groups -OCH3 is 1. The fraction of sp³-hybridized carbons (Fsp3) is 0.533. The zero-order valence-corrected chi connectivity index (χ0v) is 12.0. The van der Waals surface area contributed by atoms with Crippen LogP contribution < -0.4 is 15.8 Å². The predicted molar refractivity (Wildman–Crippen MR) is 77.0 cm³/mol. The Hall–Kier alpha value is -1.55. The van der Waals surface area contributed by atoms with Gasteiger partial charge in [0.15, 0.2) is 0 Å². The minimum absolute atomic E-state index is 0.0238. The van der Waals surface area contributed by atoms with Gasteiger partial charge < -0.3 is 15.8 Å². The summed E-state index contributed by atoms with van der Waals surface area (Å²) in [5, 5.41) is 3.01. The summed E-state index contributed by atoms with van der Waals surface area (Å²) >= 11 is 0. The average molecular weight is 264 g/mol. The maximum absolute atomic E-state index is 12.1. The highest BCUT2D eigenvalue weighted by Crippen LogP contribution is 2.18. The minimum atomic E-state index is -0.0919. The zero-order chi connectivity index (χ0) is 14.3. The average Bonchev–Trinajstić information content (AvgIpc) is 2.44. The molecule has 1 amide bonds. The molecule has 0 aromatic heterocycles. The topological polar surface area (TPSA) is 64.4 Å². The number of nitrogens with one attached hydrogen (secondary N) is 1. The molecule has 4 heteroatoms. The van der Waals surface area contributed by atoms with Crippen LogP contribution in [0.25, 0.3) is 0 Å². The maximum atomic E-state index is 12.1. The first kappa shape index (κ1) is 15.5. The molecule has 0 fully saturated rings. The molecule has 0 bridgehead atoms. The number of amides is 1. The molecule has 0 saturated heterocycles. The lowest BCUT2D eigenvalue weighted by Crippen LogP contribution is -2.36. The van der Waals surface area contributed by atoms with Crippen LogP contribution >= 0.6 is 0 Å². The third-order valence-corrected chi connectivity index (χ3v) is 3.27. The van der Waals surface area contributed by atoms with E-state index in [1.807, 2.05) is 31.2 Å². The van der Waals surface area contributed by atoms with E-state index in [0.29, 0.717) is 6.54 Å². The second kappa shape index (κ2) is 7.79. The number of rotatable bonds is 7. The summed E-state index contributed by atoms with van der Waals surface area (Å²) in [6.07, 6.45) is 1.80. The van der Waals surface area contributed by atoms with Crippen LogP contribution in [0.15, 0.2) is 24.3 Å². The second-order valence-corrected chi connectivity index (χ2v) is 4.72. The highest BCUT2D eigenvalue weighted by Gasteiger charge is 2.18. The lowest BCUT2D eigenvalue weighted by Gasteiger charge is -2.19. The second-order valence-electron chi connectivity index (χ2n) is 4.72. The van der Waals surface area contributed by atoms with Crippen LogP contribution in [0.5, 0.6) is 5.75 Å². The standard InChI is InChI=1S/C15H24N2O2/c1-4-5-13(10-16)15(18)17-11(2)12-6-8-14(19-3)9-7-12/h6-9,11,13H,4-5,10,16H2,1-3H3,(H,17,18)/t11-,13?/m1/s1. The monoisotopic (exact) mass is 264 g/mol. The van der Waals surface area contributed by atoms with Gasteiger partial charge in [-0.15, -0.1) is 0 Å². The Balaban J connectivity index is 2.62. The van der Waals surface area contributed by atoms with Gasteiger partial charge in [-0.25, -0.2) is 0 Å². The number of carbonyl (C=O) groups is 1. The van der Waals surface area contributed by atoms with Crippen LogP contribution in [0, 0.1) is 5.92 Å². The number of carbonyl (C=O) groups excluding carboxylic acids is 1. The molecule has 0 saturated carbocycles. The molecular weight excluding hydrogens is 240 g/mol. The van der Waals surface area contributed by atoms with Gasteiger partial charge in [-0.1, -0.05) is 25.5 Å². The summed E-state index contributed by atoms with van der Waals surface area (Å²) < 4.78 is 5.11. The summed E-state index contributed by atoms with van der Waals surface area (Å²) in [6, 6.07) is 7.68. The van der Waals surface area contributed by atoms with Crippen molar-refractivity contribution < 1.29 is 9.53 Å². The van der Waals surface area contributed by atoms with Gasteiger partial charge in [-0.05, 0) is 31.0 Å². The molecule has 0 radical (unpaired) electrons. The van der Waals surface area contributed by atoms with E-state index in [0.717, 1.165) is 24.2 Å². The van der Waals surface area contributed by atoms with Crippen molar-refractivity contribution in [1.29, 1.82) is 0 Å². The Morgan fingerprint density at radius 1 is 1.37 bits per heavy atom. The lowest BCUT2D eigenvalue weighted by molar-refractivity contribution is -0.125. The molecule has 0 aliphatic heterocycles. The van der Waals surface area contributed by atoms with Gasteiger partial charge in [0.25, 0.3) is 0 Å². The zero-order valence-electron chi connectivity index (χ0n) is 12.0. The fourth-order valence-electron chi connectivity index (χ4n) is 2.01. The molecule has 1 aromatic rings. The van der Waals surface area contributed by atoms with Gasteiger partial charge in [-0.2, -0.15) is 0 Å². The number of ether oxygens (including phenoxy) is 1. The Morgan fingerprint density at radius 3 is 2.47 bits per heavy atom. The summed E-state index contributed by atoms with van der Waals surface area (Å²) in [6.45, 7) is 4.43. The van der Waals surface area contributed by atoms with Crippen LogP contribution in [0.1, 0.15) is 38.3 Å². The van der Waals surface area contributed by atoms with Crippen molar-refractivity contribution in [2.75, 3.05) is 13.7 Å². The first-order valence-corrected chi connectivity index (χ1v) is 6.76. The van der Waals surface area contributed by atoms with Crippen LogP contribution in [-0.2, 0) is 4.79 Å². The highest BCUT2D eigenvalue weighted by atomic mass is 16.5. The van der Waals surface area contributed by atoms with Gasteiger partial charge in [0, 0.05) is 6.54 Å². The van der Waals surface area contributed by atoms with E-state index in [-0.39, 0.29) is 17.9 Å². The SMILES string of the molecule is CCCC(CN)C(=O)N[C@H](C)c1ccc(OC)cc1. The molecule has 2 atom stereocenters. The molecule has 0 heterocycles. The van der Waals surface area contributed by atoms with Crippen LogP contribution in [0.2, 0.25) is 0 Å². The van der Waals surface area contributed by atoms with Crippen molar-refractivity contribution in [2.45, 2.75) is 32.7 Å². The molecular formula is C15H24N2O2. The van der Waals surface area contributed by atoms with Crippen molar-refractivity contribution in [2.24, 2.45) is 11.7 Å². The number of nitrogens with two attached hydrogens (primary N) is 1. The molecule has 0 aliphatic carbocycles. The van der Waals surface area contributed by atoms with Crippen LogP contribution in [0.4, 0.5) is 0 Å². The van der Waals surface area contributed by atoms with Crippen LogP contribution in [0.3, 0.4) is 0 Å². The molecule has 0 spiro atoms. The molecule has 4 nitrogen and oxygen atoms in total. The smallest absolute Gasteiger partial charge is 0.224 e. The van der Waals surface area contributed by atoms with E-state index in [9.17, 15) is 4.79 Å². The number of hydrogen-bond acceptors (Lipinski definition) is 3. The Labute approximate surface area is 115 Å². The van der Waals surface area contributed by atoms with E-state index >= 15 is 0 Å². The Kier molecular flexibility index (Phi) is 6.36. The highest BCUT2D eigenvalue weighted by molar-refractivity contribution is 5.79. The lowest BCUT2D eigenvalue weighted by atomic mass is 10.0. The fourth-order valence-corrected chi connectivity index (χ4v) is 2.01. The summed E-state index contributed by atoms with van der Waals surface area (Å²) in [5.41, 5.74) is 6.69. The van der Waals surface area contributed by atoms with Gasteiger partial charge in [0.1, 0.15) is 5.75 Å². The normalized spacial score (nSPS) is 13.7. The quantitative estimate of drug-likeness (QED) is 0.794.